The van der Waals surface area contributed by atoms with Crippen molar-refractivity contribution >= 4 is 29.9 Å². The van der Waals surface area contributed by atoms with E-state index < -0.39 is 0 Å². The number of benzene rings is 1. The Morgan fingerprint density at radius 2 is 2.15 bits per heavy atom. The zero-order valence-electron chi connectivity index (χ0n) is 15.6. The minimum Gasteiger partial charge on any atom is -0.370 e. The van der Waals surface area contributed by atoms with Gasteiger partial charge in [0.15, 0.2) is 5.96 Å². The first-order chi connectivity index (χ1) is 12.2. The lowest BCUT2D eigenvalue weighted by Crippen LogP contribution is -2.48. The third-order valence-electron chi connectivity index (χ3n) is 4.61. The average Bonchev–Trinajstić information content (AvgIpc) is 3.09. The van der Waals surface area contributed by atoms with Crippen molar-refractivity contribution in [3.8, 4) is 0 Å². The summed E-state index contributed by atoms with van der Waals surface area (Å²) >= 11 is 0. The molecule has 2 atom stereocenters. The van der Waals surface area contributed by atoms with E-state index >= 15 is 0 Å². The number of hydrogen-bond acceptors (Lipinski definition) is 3. The van der Waals surface area contributed by atoms with E-state index in [0.29, 0.717) is 12.5 Å². The predicted octanol–water partition coefficient (Wildman–Crippen LogP) is 2.79. The molecular formula is C19H28IN5O. The van der Waals surface area contributed by atoms with Gasteiger partial charge in [0, 0.05) is 38.9 Å². The largest absolute Gasteiger partial charge is 0.370 e. The lowest BCUT2D eigenvalue weighted by molar-refractivity contribution is -0.00803. The number of aromatic nitrogens is 2. The molecule has 1 aromatic heterocycles. The van der Waals surface area contributed by atoms with Crippen LogP contribution in [0.2, 0.25) is 0 Å². The molecule has 1 aliphatic heterocycles. The van der Waals surface area contributed by atoms with Crippen molar-refractivity contribution in [1.29, 1.82) is 0 Å². The summed E-state index contributed by atoms with van der Waals surface area (Å²) in [7, 11) is 3.76. The Morgan fingerprint density at radius 3 is 2.81 bits per heavy atom. The van der Waals surface area contributed by atoms with Gasteiger partial charge in [-0.25, -0.2) is 0 Å². The fourth-order valence-electron chi connectivity index (χ4n) is 3.13. The lowest BCUT2D eigenvalue weighted by Gasteiger charge is -2.35. The van der Waals surface area contributed by atoms with Crippen molar-refractivity contribution in [2.24, 2.45) is 12.0 Å². The Labute approximate surface area is 172 Å². The van der Waals surface area contributed by atoms with Crippen molar-refractivity contribution < 1.29 is 4.74 Å². The number of halogens is 1. The first-order valence-corrected chi connectivity index (χ1v) is 8.78. The maximum atomic E-state index is 5.92. The predicted molar refractivity (Wildman–Crippen MR) is 115 cm³/mol. The Balaban J connectivity index is 0.00000243. The van der Waals surface area contributed by atoms with E-state index in [1.807, 2.05) is 31.2 Å². The molecule has 0 spiro atoms. The topological polar surface area (TPSA) is 54.7 Å². The van der Waals surface area contributed by atoms with Crippen LogP contribution < -0.4 is 5.32 Å². The Morgan fingerprint density at radius 1 is 1.38 bits per heavy atom. The molecular weight excluding hydrogens is 441 g/mol. The Bertz CT molecular complexity index is 703. The second-order valence-electron chi connectivity index (χ2n) is 6.49. The van der Waals surface area contributed by atoms with Gasteiger partial charge in [-0.05, 0) is 11.5 Å². The molecule has 6 nitrogen and oxygen atoms in total. The van der Waals surface area contributed by atoms with Crippen LogP contribution in [0.3, 0.4) is 0 Å². The molecule has 1 saturated heterocycles. The van der Waals surface area contributed by atoms with E-state index in [1.165, 1.54) is 5.56 Å². The summed E-state index contributed by atoms with van der Waals surface area (Å²) in [5.41, 5.74) is 2.45. The molecule has 26 heavy (non-hydrogen) atoms. The van der Waals surface area contributed by atoms with Crippen LogP contribution in [0.25, 0.3) is 0 Å². The minimum atomic E-state index is 0. The van der Waals surface area contributed by atoms with Crippen LogP contribution in [0.15, 0.2) is 47.7 Å². The normalized spacial score (nSPS) is 19.0. The molecule has 1 aromatic carbocycles. The van der Waals surface area contributed by atoms with Crippen LogP contribution in [0.5, 0.6) is 0 Å². The van der Waals surface area contributed by atoms with E-state index in [9.17, 15) is 0 Å². The summed E-state index contributed by atoms with van der Waals surface area (Å²) in [6, 6.07) is 10.6. The zero-order chi connectivity index (χ0) is 17.6. The standard InChI is InChI=1S/C19H27N5O.HI/c1-15(16-7-5-4-6-8-16)11-21-19(20-2)24-9-10-25-18(14-24)17-12-22-23(3)13-17;/h4-8,12-13,15,18H,9-11,14H2,1-3H3,(H,20,21);1H. The quantitative estimate of drug-likeness (QED) is 0.425. The third kappa shape index (κ3) is 5.20. The van der Waals surface area contributed by atoms with Gasteiger partial charge in [0.25, 0.3) is 0 Å². The van der Waals surface area contributed by atoms with Crippen molar-refractivity contribution in [2.75, 3.05) is 33.3 Å². The second kappa shape index (κ2) is 9.91. The van der Waals surface area contributed by atoms with Gasteiger partial charge in [-0.2, -0.15) is 5.10 Å². The highest BCUT2D eigenvalue weighted by atomic mass is 127. The number of nitrogens with zero attached hydrogens (tertiary/aromatic N) is 4. The average molecular weight is 469 g/mol. The van der Waals surface area contributed by atoms with Gasteiger partial charge < -0.3 is 15.0 Å². The number of aliphatic imine (C=N–C) groups is 1. The van der Waals surface area contributed by atoms with Crippen LogP contribution in [-0.4, -0.2) is 53.9 Å². The lowest BCUT2D eigenvalue weighted by atomic mass is 10.0. The van der Waals surface area contributed by atoms with Crippen molar-refractivity contribution in [3.05, 3.63) is 53.9 Å². The van der Waals surface area contributed by atoms with Crippen LogP contribution in [0.4, 0.5) is 0 Å². The molecule has 0 amide bonds. The molecule has 2 aromatic rings. The third-order valence-corrected chi connectivity index (χ3v) is 4.61. The van der Waals surface area contributed by atoms with E-state index in [-0.39, 0.29) is 30.1 Å². The molecule has 0 saturated carbocycles. The Kier molecular flexibility index (Phi) is 7.89. The SMILES string of the molecule is CN=C(NCC(C)c1ccccc1)N1CCOC(c2cnn(C)c2)C1.I. The first-order valence-electron chi connectivity index (χ1n) is 8.78. The molecule has 0 bridgehead atoms. The van der Waals surface area contributed by atoms with Gasteiger partial charge in [-0.3, -0.25) is 9.67 Å². The summed E-state index contributed by atoms with van der Waals surface area (Å²) in [6.45, 7) is 5.40. The van der Waals surface area contributed by atoms with E-state index in [0.717, 1.165) is 31.2 Å². The number of hydrogen-bond donors (Lipinski definition) is 1. The molecule has 2 unspecified atom stereocenters. The smallest absolute Gasteiger partial charge is 0.193 e. The number of aryl methyl sites for hydroxylation is 1. The van der Waals surface area contributed by atoms with Gasteiger partial charge in [-0.1, -0.05) is 37.3 Å². The van der Waals surface area contributed by atoms with E-state index in [1.54, 1.807) is 0 Å². The summed E-state index contributed by atoms with van der Waals surface area (Å²) in [5, 5.41) is 7.76. The number of nitrogens with one attached hydrogen (secondary N) is 1. The maximum Gasteiger partial charge on any atom is 0.193 e. The highest BCUT2D eigenvalue weighted by Gasteiger charge is 2.25. The molecule has 2 heterocycles. The number of morpholine rings is 1. The number of rotatable bonds is 4. The van der Waals surface area contributed by atoms with E-state index in [4.69, 9.17) is 4.74 Å². The van der Waals surface area contributed by atoms with Crippen LogP contribution in [0, 0.1) is 0 Å². The number of guanidine groups is 1. The zero-order valence-corrected chi connectivity index (χ0v) is 18.0. The molecule has 7 heteroatoms. The summed E-state index contributed by atoms with van der Waals surface area (Å²) < 4.78 is 7.73. The van der Waals surface area contributed by atoms with Gasteiger partial charge in [0.2, 0.25) is 0 Å². The first kappa shape index (κ1) is 20.7. The van der Waals surface area contributed by atoms with Crippen molar-refractivity contribution in [2.45, 2.75) is 18.9 Å². The van der Waals surface area contributed by atoms with Crippen molar-refractivity contribution in [3.63, 3.8) is 0 Å². The molecule has 142 valence electrons. The molecule has 0 aliphatic carbocycles. The van der Waals surface area contributed by atoms with Gasteiger partial charge in [0.05, 0.1) is 19.3 Å². The fraction of sp³-hybridized carbons (Fsp3) is 0.474. The molecule has 1 aliphatic rings. The summed E-state index contributed by atoms with van der Waals surface area (Å²) in [6.07, 6.45) is 3.93. The highest BCUT2D eigenvalue weighted by molar-refractivity contribution is 14.0. The van der Waals surface area contributed by atoms with E-state index in [2.05, 4.69) is 57.6 Å². The summed E-state index contributed by atoms with van der Waals surface area (Å²) in [4.78, 5) is 6.73. The maximum absolute atomic E-state index is 5.92. The summed E-state index contributed by atoms with van der Waals surface area (Å²) in [5.74, 6) is 1.35. The fourth-order valence-corrected chi connectivity index (χ4v) is 3.13. The van der Waals surface area contributed by atoms with Crippen LogP contribution in [-0.2, 0) is 11.8 Å². The second-order valence-corrected chi connectivity index (χ2v) is 6.49. The van der Waals surface area contributed by atoms with Gasteiger partial charge in [-0.15, -0.1) is 24.0 Å². The highest BCUT2D eigenvalue weighted by Crippen LogP contribution is 2.21. The molecule has 1 N–H and O–H groups in total. The van der Waals surface area contributed by atoms with Crippen molar-refractivity contribution in [1.82, 2.24) is 20.0 Å². The van der Waals surface area contributed by atoms with Crippen LogP contribution in [0.1, 0.15) is 30.1 Å². The van der Waals surface area contributed by atoms with Gasteiger partial charge >= 0.3 is 0 Å². The van der Waals surface area contributed by atoms with Gasteiger partial charge in [0.1, 0.15) is 6.10 Å². The Hall–Kier alpha value is -1.61. The molecule has 1 fully saturated rings. The number of ether oxygens (including phenoxy) is 1. The molecule has 3 rings (SSSR count). The molecule has 0 radical (unpaired) electrons. The van der Waals surface area contributed by atoms with Crippen LogP contribution >= 0.6 is 24.0 Å². The monoisotopic (exact) mass is 469 g/mol. The minimum absolute atomic E-state index is 0.